The number of benzene rings is 1. The van der Waals surface area contributed by atoms with Crippen LogP contribution in [0.4, 0.5) is 10.2 Å². The van der Waals surface area contributed by atoms with E-state index in [2.05, 4.69) is 10.4 Å². The van der Waals surface area contributed by atoms with Crippen LogP contribution in [0.5, 0.6) is 0 Å². The Labute approximate surface area is 189 Å². The predicted molar refractivity (Wildman–Crippen MR) is 122 cm³/mol. The molecule has 1 aromatic heterocycles. The SMILES string of the molecule is CCOC(=O)CNc1ccn(CCS(=O)(=O)C[C@H](C)c2ccc(F)c(CCC3CC3)c2)n1. The van der Waals surface area contributed by atoms with Crippen LogP contribution in [0.25, 0.3) is 0 Å². The number of rotatable bonds is 13. The van der Waals surface area contributed by atoms with E-state index in [-0.39, 0.29) is 42.3 Å². The Kier molecular flexibility index (Phi) is 8.28. The van der Waals surface area contributed by atoms with Crippen LogP contribution < -0.4 is 5.32 Å². The van der Waals surface area contributed by atoms with Gasteiger partial charge in [0.2, 0.25) is 0 Å². The molecule has 0 spiro atoms. The maximum Gasteiger partial charge on any atom is 0.325 e. The van der Waals surface area contributed by atoms with Crippen LogP contribution in [-0.4, -0.2) is 48.8 Å². The number of aryl methyl sites for hydroxylation is 2. The molecule has 2 aromatic rings. The Morgan fingerprint density at radius 1 is 1.34 bits per heavy atom. The van der Waals surface area contributed by atoms with Crippen molar-refractivity contribution in [2.75, 3.05) is 30.0 Å². The van der Waals surface area contributed by atoms with Gasteiger partial charge >= 0.3 is 5.97 Å². The first-order valence-electron chi connectivity index (χ1n) is 11.2. The molecule has 0 aliphatic heterocycles. The van der Waals surface area contributed by atoms with Crippen molar-refractivity contribution < 1.29 is 22.3 Å². The highest BCUT2D eigenvalue weighted by Crippen LogP contribution is 2.34. The van der Waals surface area contributed by atoms with E-state index >= 15 is 0 Å². The minimum absolute atomic E-state index is 0.000973. The van der Waals surface area contributed by atoms with Crippen molar-refractivity contribution in [2.24, 2.45) is 5.92 Å². The first-order chi connectivity index (χ1) is 15.3. The highest BCUT2D eigenvalue weighted by molar-refractivity contribution is 7.91. The van der Waals surface area contributed by atoms with E-state index in [4.69, 9.17) is 4.74 Å². The number of aromatic nitrogens is 2. The molecule has 1 aromatic carbocycles. The third kappa shape index (κ3) is 7.62. The van der Waals surface area contributed by atoms with Crippen LogP contribution in [0.1, 0.15) is 50.2 Å². The lowest BCUT2D eigenvalue weighted by molar-refractivity contribution is -0.140. The molecule has 1 aliphatic rings. The van der Waals surface area contributed by atoms with Crippen molar-refractivity contribution in [1.82, 2.24) is 9.78 Å². The van der Waals surface area contributed by atoms with Gasteiger partial charge < -0.3 is 10.1 Å². The molecule has 0 saturated heterocycles. The standard InChI is InChI=1S/C23H32FN3O4S/c1-3-31-23(28)15-25-22-10-11-27(26-22)12-13-32(29,30)16-17(2)19-8-9-21(24)20(14-19)7-6-18-4-5-18/h8-11,14,17-18H,3-7,12-13,15-16H2,1-2H3,(H,25,26)/t17-/m0/s1. The topological polar surface area (TPSA) is 90.3 Å². The maximum absolute atomic E-state index is 14.1. The largest absolute Gasteiger partial charge is 0.465 e. The zero-order valence-corrected chi connectivity index (χ0v) is 19.5. The number of halogens is 1. The molecule has 1 fully saturated rings. The average Bonchev–Trinajstić information content (AvgIpc) is 3.46. The molecule has 1 atom stereocenters. The first kappa shape index (κ1) is 24.2. The monoisotopic (exact) mass is 465 g/mol. The van der Waals surface area contributed by atoms with E-state index in [1.54, 1.807) is 25.3 Å². The van der Waals surface area contributed by atoms with E-state index in [1.807, 2.05) is 13.0 Å². The van der Waals surface area contributed by atoms with Gasteiger partial charge in [-0.2, -0.15) is 5.10 Å². The molecule has 0 bridgehead atoms. The van der Waals surface area contributed by atoms with Crippen LogP contribution in [0.2, 0.25) is 0 Å². The van der Waals surface area contributed by atoms with Crippen molar-refractivity contribution in [3.63, 3.8) is 0 Å². The van der Waals surface area contributed by atoms with Crippen molar-refractivity contribution in [1.29, 1.82) is 0 Å². The summed E-state index contributed by atoms with van der Waals surface area (Å²) in [5, 5.41) is 7.08. The summed E-state index contributed by atoms with van der Waals surface area (Å²) in [7, 11) is -3.34. The summed E-state index contributed by atoms with van der Waals surface area (Å²) in [6.07, 6.45) is 5.83. The molecular formula is C23H32FN3O4S. The van der Waals surface area contributed by atoms with Crippen molar-refractivity contribution in [3.8, 4) is 0 Å². The van der Waals surface area contributed by atoms with Crippen LogP contribution in [-0.2, 0) is 32.3 Å². The summed E-state index contributed by atoms with van der Waals surface area (Å²) in [6.45, 7) is 4.12. The Balaban J connectivity index is 1.50. The van der Waals surface area contributed by atoms with Gasteiger partial charge in [0.25, 0.3) is 0 Å². The van der Waals surface area contributed by atoms with Gasteiger partial charge in [0.1, 0.15) is 18.2 Å². The summed E-state index contributed by atoms with van der Waals surface area (Å²) < 4.78 is 45.8. The highest BCUT2D eigenvalue weighted by atomic mass is 32.2. The number of esters is 1. The number of ether oxygens (including phenoxy) is 1. The van der Waals surface area contributed by atoms with E-state index in [0.29, 0.717) is 24.4 Å². The van der Waals surface area contributed by atoms with Crippen LogP contribution in [0.3, 0.4) is 0 Å². The van der Waals surface area contributed by atoms with Crippen molar-refractivity contribution >= 4 is 21.6 Å². The van der Waals surface area contributed by atoms with Gasteiger partial charge in [-0.3, -0.25) is 9.48 Å². The molecule has 1 aliphatic carbocycles. The lowest BCUT2D eigenvalue weighted by Crippen LogP contribution is -2.20. The average molecular weight is 466 g/mol. The molecule has 32 heavy (non-hydrogen) atoms. The molecule has 9 heteroatoms. The molecule has 1 saturated carbocycles. The van der Waals surface area contributed by atoms with Gasteiger partial charge in [-0.1, -0.05) is 31.9 Å². The van der Waals surface area contributed by atoms with Crippen molar-refractivity contribution in [2.45, 2.75) is 52.0 Å². The number of nitrogens with one attached hydrogen (secondary N) is 1. The second kappa shape index (κ2) is 10.9. The quantitative estimate of drug-likeness (QED) is 0.455. The molecule has 0 unspecified atom stereocenters. The van der Waals surface area contributed by atoms with E-state index in [0.717, 1.165) is 17.9 Å². The lowest BCUT2D eigenvalue weighted by Gasteiger charge is -2.14. The normalized spacial score (nSPS) is 14.8. The molecule has 1 heterocycles. The second-order valence-corrected chi connectivity index (χ2v) is 10.7. The highest BCUT2D eigenvalue weighted by Gasteiger charge is 2.22. The fourth-order valence-corrected chi connectivity index (χ4v) is 5.19. The Morgan fingerprint density at radius 2 is 2.12 bits per heavy atom. The summed E-state index contributed by atoms with van der Waals surface area (Å²) in [5.41, 5.74) is 1.53. The molecule has 3 rings (SSSR count). The second-order valence-electron chi connectivity index (χ2n) is 8.47. The summed E-state index contributed by atoms with van der Waals surface area (Å²) >= 11 is 0. The lowest BCUT2D eigenvalue weighted by atomic mass is 9.98. The number of nitrogens with zero attached hydrogens (tertiary/aromatic N) is 2. The maximum atomic E-state index is 14.1. The number of hydrogen-bond donors (Lipinski definition) is 1. The zero-order valence-electron chi connectivity index (χ0n) is 18.7. The van der Waals surface area contributed by atoms with E-state index in [1.165, 1.54) is 23.6 Å². The Hall–Kier alpha value is -2.42. The van der Waals surface area contributed by atoms with E-state index in [9.17, 15) is 17.6 Å². The molecular weight excluding hydrogens is 433 g/mol. The minimum atomic E-state index is -3.34. The number of anilines is 1. The molecule has 7 nitrogen and oxygen atoms in total. The van der Waals surface area contributed by atoms with Gasteiger partial charge in [-0.05, 0) is 48.8 Å². The van der Waals surface area contributed by atoms with Gasteiger partial charge in [-0.15, -0.1) is 0 Å². The summed E-state index contributed by atoms with van der Waals surface area (Å²) in [6, 6.07) is 6.64. The first-order valence-corrected chi connectivity index (χ1v) is 13.0. The van der Waals surface area contributed by atoms with Gasteiger partial charge in [0.05, 0.1) is 24.7 Å². The Bertz CT molecular complexity index is 1020. The fourth-order valence-electron chi connectivity index (χ4n) is 3.61. The molecule has 0 amide bonds. The molecule has 176 valence electrons. The van der Waals surface area contributed by atoms with Crippen LogP contribution in [0.15, 0.2) is 30.5 Å². The number of carbonyl (C=O) groups excluding carboxylic acids is 1. The summed E-state index contributed by atoms with van der Waals surface area (Å²) in [5.74, 6) is 0.334. The number of sulfone groups is 1. The van der Waals surface area contributed by atoms with E-state index < -0.39 is 9.84 Å². The van der Waals surface area contributed by atoms with Crippen molar-refractivity contribution in [3.05, 3.63) is 47.4 Å². The number of hydrogen-bond acceptors (Lipinski definition) is 6. The fraction of sp³-hybridized carbons (Fsp3) is 0.565. The molecule has 0 radical (unpaired) electrons. The van der Waals surface area contributed by atoms with Gasteiger partial charge in [-0.25, -0.2) is 12.8 Å². The smallest absolute Gasteiger partial charge is 0.325 e. The molecule has 1 N–H and O–H groups in total. The number of carbonyl (C=O) groups is 1. The van der Waals surface area contributed by atoms with Crippen LogP contribution >= 0.6 is 0 Å². The summed E-state index contributed by atoms with van der Waals surface area (Å²) in [4.78, 5) is 11.4. The predicted octanol–water partition coefficient (Wildman–Crippen LogP) is 3.56. The Morgan fingerprint density at radius 3 is 2.84 bits per heavy atom. The third-order valence-electron chi connectivity index (χ3n) is 5.65. The zero-order chi connectivity index (χ0) is 23.1. The minimum Gasteiger partial charge on any atom is -0.465 e. The van der Waals surface area contributed by atoms with Crippen LogP contribution in [0, 0.1) is 11.7 Å². The van der Waals surface area contributed by atoms with Gasteiger partial charge in [0.15, 0.2) is 9.84 Å². The third-order valence-corrected chi connectivity index (χ3v) is 7.47. The van der Waals surface area contributed by atoms with Gasteiger partial charge in [0, 0.05) is 12.3 Å².